The molecule has 2 heterocycles. The van der Waals surface area contributed by atoms with Crippen molar-refractivity contribution in [2.75, 3.05) is 7.11 Å². The lowest BCUT2D eigenvalue weighted by Crippen LogP contribution is -2.02. The molecule has 2 aromatic heterocycles. The van der Waals surface area contributed by atoms with Crippen LogP contribution in [0.3, 0.4) is 0 Å². The van der Waals surface area contributed by atoms with Crippen molar-refractivity contribution < 1.29 is 9.84 Å². The van der Waals surface area contributed by atoms with Crippen molar-refractivity contribution in [1.82, 2.24) is 4.98 Å². The predicted octanol–water partition coefficient (Wildman–Crippen LogP) is 2.43. The molecule has 0 aliphatic carbocycles. The van der Waals surface area contributed by atoms with Crippen LogP contribution < -0.4 is 4.74 Å². The van der Waals surface area contributed by atoms with Crippen LogP contribution in [0.1, 0.15) is 16.7 Å². The molecule has 0 aliphatic heterocycles. The van der Waals surface area contributed by atoms with Crippen molar-refractivity contribution in [2.24, 2.45) is 0 Å². The van der Waals surface area contributed by atoms with E-state index in [0.717, 1.165) is 16.3 Å². The number of aliphatic hydroxyl groups is 1. The van der Waals surface area contributed by atoms with Crippen LogP contribution in [-0.4, -0.2) is 17.2 Å². The molecule has 0 aromatic carbocycles. The molecule has 84 valence electrons. The van der Waals surface area contributed by atoms with Crippen LogP contribution in [0.5, 0.6) is 5.75 Å². The number of thiophene rings is 1. The van der Waals surface area contributed by atoms with Crippen molar-refractivity contribution in [3.8, 4) is 5.75 Å². The van der Waals surface area contributed by atoms with E-state index in [-0.39, 0.29) is 0 Å². The molecular weight excluding hydrogens is 222 g/mol. The molecule has 4 heteroatoms. The molecule has 0 aliphatic rings. The summed E-state index contributed by atoms with van der Waals surface area (Å²) in [7, 11) is 1.61. The standard InChI is InChI=1S/C12H13NO2S/c1-15-11-5-7-16-12(11)10(14)8-9-4-2-3-6-13-9/h2-7,10,14H,8H2,1H3. The number of ether oxygens (including phenoxy) is 1. The number of nitrogens with zero attached hydrogens (tertiary/aromatic N) is 1. The Labute approximate surface area is 98.4 Å². The van der Waals surface area contributed by atoms with Gasteiger partial charge in [-0.25, -0.2) is 0 Å². The van der Waals surface area contributed by atoms with E-state index in [0.29, 0.717) is 6.42 Å². The first kappa shape index (κ1) is 11.1. The van der Waals surface area contributed by atoms with E-state index >= 15 is 0 Å². The Morgan fingerprint density at radius 2 is 2.31 bits per heavy atom. The first-order chi connectivity index (χ1) is 7.81. The molecule has 0 radical (unpaired) electrons. The highest BCUT2D eigenvalue weighted by Gasteiger charge is 2.15. The fourth-order valence-corrected chi connectivity index (χ4v) is 2.38. The number of pyridine rings is 1. The molecule has 0 fully saturated rings. The molecule has 1 unspecified atom stereocenters. The summed E-state index contributed by atoms with van der Waals surface area (Å²) < 4.78 is 5.17. The fourth-order valence-electron chi connectivity index (χ4n) is 1.53. The van der Waals surface area contributed by atoms with Crippen LogP contribution in [0, 0.1) is 0 Å². The summed E-state index contributed by atoms with van der Waals surface area (Å²) in [4.78, 5) is 5.04. The third kappa shape index (κ3) is 2.40. The quantitative estimate of drug-likeness (QED) is 0.885. The summed E-state index contributed by atoms with van der Waals surface area (Å²) >= 11 is 1.50. The topological polar surface area (TPSA) is 42.4 Å². The van der Waals surface area contributed by atoms with Crippen LogP contribution in [0.15, 0.2) is 35.8 Å². The van der Waals surface area contributed by atoms with Crippen LogP contribution >= 0.6 is 11.3 Å². The Hall–Kier alpha value is -1.39. The Morgan fingerprint density at radius 3 is 3.00 bits per heavy atom. The minimum absolute atomic E-state index is 0.512. The lowest BCUT2D eigenvalue weighted by molar-refractivity contribution is 0.177. The second kappa shape index (κ2) is 5.09. The molecule has 0 spiro atoms. The van der Waals surface area contributed by atoms with Gasteiger partial charge in [-0.2, -0.15) is 0 Å². The van der Waals surface area contributed by atoms with Crippen molar-refractivity contribution >= 4 is 11.3 Å². The van der Waals surface area contributed by atoms with Gasteiger partial charge in [0, 0.05) is 18.3 Å². The summed E-state index contributed by atoms with van der Waals surface area (Å²) in [6.45, 7) is 0. The maximum atomic E-state index is 10.1. The Bertz CT molecular complexity index is 441. The minimum Gasteiger partial charge on any atom is -0.495 e. The van der Waals surface area contributed by atoms with Gasteiger partial charge in [0.05, 0.1) is 18.1 Å². The third-order valence-corrected chi connectivity index (χ3v) is 3.31. The van der Waals surface area contributed by atoms with Gasteiger partial charge in [0.25, 0.3) is 0 Å². The van der Waals surface area contributed by atoms with Gasteiger partial charge in [-0.1, -0.05) is 6.07 Å². The van der Waals surface area contributed by atoms with E-state index < -0.39 is 6.10 Å². The van der Waals surface area contributed by atoms with Gasteiger partial charge in [-0.05, 0) is 23.6 Å². The number of aromatic nitrogens is 1. The molecule has 0 amide bonds. The molecule has 16 heavy (non-hydrogen) atoms. The molecule has 0 saturated heterocycles. The number of aliphatic hydroxyl groups excluding tert-OH is 1. The zero-order valence-electron chi connectivity index (χ0n) is 8.96. The van der Waals surface area contributed by atoms with Crippen molar-refractivity contribution in [3.63, 3.8) is 0 Å². The van der Waals surface area contributed by atoms with Crippen LogP contribution in [-0.2, 0) is 6.42 Å². The summed E-state index contributed by atoms with van der Waals surface area (Å²) in [6, 6.07) is 7.55. The second-order valence-electron chi connectivity index (χ2n) is 3.39. The van der Waals surface area contributed by atoms with Gasteiger partial charge >= 0.3 is 0 Å². The Kier molecular flexibility index (Phi) is 3.54. The molecule has 1 N–H and O–H groups in total. The Morgan fingerprint density at radius 1 is 1.44 bits per heavy atom. The monoisotopic (exact) mass is 235 g/mol. The first-order valence-electron chi connectivity index (χ1n) is 5.00. The number of methoxy groups -OCH3 is 1. The third-order valence-electron chi connectivity index (χ3n) is 2.31. The summed E-state index contributed by atoms with van der Waals surface area (Å²) in [6.07, 6.45) is 1.69. The lowest BCUT2D eigenvalue weighted by Gasteiger charge is -2.10. The first-order valence-corrected chi connectivity index (χ1v) is 5.88. The van der Waals surface area contributed by atoms with Crippen molar-refractivity contribution in [3.05, 3.63) is 46.4 Å². The highest BCUT2D eigenvalue weighted by atomic mass is 32.1. The zero-order chi connectivity index (χ0) is 11.4. The lowest BCUT2D eigenvalue weighted by atomic mass is 10.1. The predicted molar refractivity (Wildman–Crippen MR) is 63.8 cm³/mol. The van der Waals surface area contributed by atoms with E-state index in [1.165, 1.54) is 11.3 Å². The van der Waals surface area contributed by atoms with Gasteiger partial charge in [0.2, 0.25) is 0 Å². The molecular formula is C12H13NO2S. The summed E-state index contributed by atoms with van der Waals surface area (Å²) in [5.74, 6) is 0.744. The molecule has 0 saturated carbocycles. The van der Waals surface area contributed by atoms with E-state index in [1.807, 2.05) is 29.6 Å². The van der Waals surface area contributed by atoms with Gasteiger partial charge in [-0.3, -0.25) is 4.98 Å². The maximum absolute atomic E-state index is 10.1. The SMILES string of the molecule is COc1ccsc1C(O)Cc1ccccn1. The van der Waals surface area contributed by atoms with Gasteiger partial charge in [-0.15, -0.1) is 11.3 Å². The smallest absolute Gasteiger partial charge is 0.135 e. The molecule has 1 atom stereocenters. The van der Waals surface area contributed by atoms with Crippen molar-refractivity contribution in [1.29, 1.82) is 0 Å². The van der Waals surface area contributed by atoms with Crippen LogP contribution in [0.25, 0.3) is 0 Å². The van der Waals surface area contributed by atoms with E-state index in [4.69, 9.17) is 4.74 Å². The van der Waals surface area contributed by atoms with Gasteiger partial charge < -0.3 is 9.84 Å². The molecule has 2 aromatic rings. The average Bonchev–Trinajstić information content (AvgIpc) is 2.78. The number of rotatable bonds is 4. The van der Waals surface area contributed by atoms with Crippen LogP contribution in [0.4, 0.5) is 0 Å². The minimum atomic E-state index is -0.551. The zero-order valence-corrected chi connectivity index (χ0v) is 9.78. The average molecular weight is 235 g/mol. The number of hydrogen-bond donors (Lipinski definition) is 1. The summed E-state index contributed by atoms with van der Waals surface area (Å²) in [5.41, 5.74) is 0.880. The van der Waals surface area contributed by atoms with E-state index in [1.54, 1.807) is 13.3 Å². The largest absolute Gasteiger partial charge is 0.495 e. The molecule has 0 bridgehead atoms. The highest BCUT2D eigenvalue weighted by Crippen LogP contribution is 2.32. The normalized spacial score (nSPS) is 12.4. The second-order valence-corrected chi connectivity index (χ2v) is 4.34. The molecule has 2 rings (SSSR count). The number of hydrogen-bond acceptors (Lipinski definition) is 4. The Balaban J connectivity index is 2.11. The van der Waals surface area contributed by atoms with Crippen LogP contribution in [0.2, 0.25) is 0 Å². The molecule has 3 nitrogen and oxygen atoms in total. The van der Waals surface area contributed by atoms with Crippen molar-refractivity contribution in [2.45, 2.75) is 12.5 Å². The fraction of sp³-hybridized carbons (Fsp3) is 0.250. The van der Waals surface area contributed by atoms with E-state index in [2.05, 4.69) is 4.98 Å². The summed E-state index contributed by atoms with van der Waals surface area (Å²) in [5, 5.41) is 12.0. The van der Waals surface area contributed by atoms with E-state index in [9.17, 15) is 5.11 Å². The van der Waals surface area contributed by atoms with Gasteiger partial charge in [0.15, 0.2) is 0 Å². The maximum Gasteiger partial charge on any atom is 0.135 e. The van der Waals surface area contributed by atoms with Gasteiger partial charge in [0.1, 0.15) is 5.75 Å². The highest BCUT2D eigenvalue weighted by molar-refractivity contribution is 7.10.